The number of benzene rings is 2. The highest BCUT2D eigenvalue weighted by molar-refractivity contribution is 5.89. The largest absolute Gasteiger partial charge is 0.497 e. The molecule has 3 heteroatoms. The van der Waals surface area contributed by atoms with Crippen LogP contribution in [0.2, 0.25) is 0 Å². The van der Waals surface area contributed by atoms with E-state index in [0.717, 1.165) is 22.6 Å². The van der Waals surface area contributed by atoms with Crippen LogP contribution in [0.3, 0.4) is 0 Å². The van der Waals surface area contributed by atoms with E-state index >= 15 is 0 Å². The van der Waals surface area contributed by atoms with Gasteiger partial charge in [0.25, 0.3) is 0 Å². The Morgan fingerprint density at radius 2 is 1.67 bits per heavy atom. The third-order valence-electron chi connectivity index (χ3n) is 3.02. The lowest BCUT2D eigenvalue weighted by Gasteiger charge is -2.04. The summed E-state index contributed by atoms with van der Waals surface area (Å²) >= 11 is 0. The molecule has 0 heterocycles. The van der Waals surface area contributed by atoms with Crippen LogP contribution in [0.25, 0.3) is 11.6 Å². The Morgan fingerprint density at radius 1 is 1.05 bits per heavy atom. The Balaban J connectivity index is 2.25. The van der Waals surface area contributed by atoms with Gasteiger partial charge in [-0.1, -0.05) is 12.1 Å². The molecule has 2 aromatic rings. The van der Waals surface area contributed by atoms with Gasteiger partial charge in [0, 0.05) is 0 Å². The first-order valence-electron chi connectivity index (χ1n) is 6.76. The average Bonchev–Trinajstić information content (AvgIpc) is 2.54. The van der Waals surface area contributed by atoms with Crippen molar-refractivity contribution in [2.45, 2.75) is 6.92 Å². The molecule has 0 saturated heterocycles. The Morgan fingerprint density at radius 3 is 2.19 bits per heavy atom. The Kier molecular flexibility index (Phi) is 5.00. The van der Waals surface area contributed by atoms with Crippen LogP contribution in [0.5, 0.6) is 11.5 Å². The number of hydrogen-bond donors (Lipinski definition) is 0. The summed E-state index contributed by atoms with van der Waals surface area (Å²) in [6.07, 6.45) is 1.86. The molecule has 0 aliphatic heterocycles. The fourth-order valence-corrected chi connectivity index (χ4v) is 1.94. The van der Waals surface area contributed by atoms with E-state index in [1.54, 1.807) is 7.11 Å². The van der Waals surface area contributed by atoms with Gasteiger partial charge in [0.2, 0.25) is 0 Å². The Hall–Kier alpha value is -2.73. The third-order valence-corrected chi connectivity index (χ3v) is 3.02. The minimum absolute atomic E-state index is 0.613. The summed E-state index contributed by atoms with van der Waals surface area (Å²) in [5.41, 5.74) is 2.44. The quantitative estimate of drug-likeness (QED) is 0.609. The molecule has 0 bridgehead atoms. The molecule has 21 heavy (non-hydrogen) atoms. The first kappa shape index (κ1) is 14.7. The first-order chi connectivity index (χ1) is 10.3. The van der Waals surface area contributed by atoms with Gasteiger partial charge in [0.1, 0.15) is 11.5 Å². The Bertz CT molecular complexity index is 649. The molecule has 0 atom stereocenters. The zero-order valence-electron chi connectivity index (χ0n) is 12.2. The van der Waals surface area contributed by atoms with Crippen molar-refractivity contribution in [2.75, 3.05) is 13.7 Å². The molecule has 0 aliphatic rings. The van der Waals surface area contributed by atoms with E-state index in [0.29, 0.717) is 12.2 Å². The highest BCUT2D eigenvalue weighted by Gasteiger charge is 2.02. The molecule has 0 unspecified atom stereocenters. The van der Waals surface area contributed by atoms with Crippen LogP contribution in [0.15, 0.2) is 48.5 Å². The fourth-order valence-electron chi connectivity index (χ4n) is 1.94. The molecule has 3 nitrogen and oxygen atoms in total. The van der Waals surface area contributed by atoms with Crippen molar-refractivity contribution in [2.24, 2.45) is 0 Å². The van der Waals surface area contributed by atoms with E-state index in [1.807, 2.05) is 61.5 Å². The van der Waals surface area contributed by atoms with E-state index in [2.05, 4.69) is 6.07 Å². The number of allylic oxidation sites excluding steroid dienone is 1. The second-order valence-electron chi connectivity index (χ2n) is 4.40. The number of hydrogen-bond acceptors (Lipinski definition) is 3. The predicted molar refractivity (Wildman–Crippen MR) is 84.1 cm³/mol. The van der Waals surface area contributed by atoms with Crippen LogP contribution in [0.1, 0.15) is 18.1 Å². The van der Waals surface area contributed by atoms with Crippen molar-refractivity contribution < 1.29 is 9.47 Å². The van der Waals surface area contributed by atoms with Crippen LogP contribution in [-0.2, 0) is 0 Å². The van der Waals surface area contributed by atoms with Gasteiger partial charge < -0.3 is 9.47 Å². The van der Waals surface area contributed by atoms with E-state index in [4.69, 9.17) is 9.47 Å². The zero-order chi connectivity index (χ0) is 15.1. The van der Waals surface area contributed by atoms with E-state index in [1.165, 1.54) is 0 Å². The summed E-state index contributed by atoms with van der Waals surface area (Å²) in [5, 5.41) is 9.33. The lowest BCUT2D eigenvalue weighted by atomic mass is 10.0. The molecule has 0 aromatic heterocycles. The molecule has 0 radical (unpaired) electrons. The maximum Gasteiger partial charge on any atom is 0.119 e. The topological polar surface area (TPSA) is 42.2 Å². The number of nitrogens with zero attached hydrogens (tertiary/aromatic N) is 1. The summed E-state index contributed by atoms with van der Waals surface area (Å²) in [5.74, 6) is 1.61. The van der Waals surface area contributed by atoms with Crippen LogP contribution in [0, 0.1) is 11.3 Å². The molecule has 0 saturated carbocycles. The number of nitriles is 1. The van der Waals surface area contributed by atoms with Gasteiger partial charge in [-0.15, -0.1) is 0 Å². The molecule has 2 aromatic carbocycles. The molecule has 106 valence electrons. The van der Waals surface area contributed by atoms with Crippen molar-refractivity contribution in [3.05, 3.63) is 59.7 Å². The van der Waals surface area contributed by atoms with Crippen molar-refractivity contribution in [3.8, 4) is 17.6 Å². The standard InChI is InChI=1S/C18H17NO2/c1-3-21-18-8-4-14(5-9-18)12-16(13-19)15-6-10-17(20-2)11-7-15/h4-12H,3H2,1-2H3/b16-12+. The van der Waals surface area contributed by atoms with Gasteiger partial charge in [-0.3, -0.25) is 0 Å². The molecule has 0 spiro atoms. The molecule has 2 rings (SSSR count). The highest BCUT2D eigenvalue weighted by Crippen LogP contribution is 2.21. The number of rotatable bonds is 5. The number of ether oxygens (including phenoxy) is 2. The lowest BCUT2D eigenvalue weighted by Crippen LogP contribution is -1.90. The van der Waals surface area contributed by atoms with Crippen LogP contribution in [0.4, 0.5) is 0 Å². The van der Waals surface area contributed by atoms with Crippen molar-refractivity contribution in [3.63, 3.8) is 0 Å². The second-order valence-corrected chi connectivity index (χ2v) is 4.40. The zero-order valence-corrected chi connectivity index (χ0v) is 12.2. The Labute approximate surface area is 125 Å². The SMILES string of the molecule is CCOc1ccc(/C=C(\C#N)c2ccc(OC)cc2)cc1. The smallest absolute Gasteiger partial charge is 0.119 e. The van der Waals surface area contributed by atoms with Gasteiger partial charge in [0.05, 0.1) is 25.4 Å². The summed E-state index contributed by atoms with van der Waals surface area (Å²) in [6.45, 7) is 2.59. The maximum absolute atomic E-state index is 9.33. The molecular weight excluding hydrogens is 262 g/mol. The summed E-state index contributed by atoms with van der Waals surface area (Å²) in [6, 6.07) is 17.4. The van der Waals surface area contributed by atoms with Crippen molar-refractivity contribution >= 4 is 11.6 Å². The maximum atomic E-state index is 9.33. The number of methoxy groups -OCH3 is 1. The summed E-state index contributed by atoms with van der Waals surface area (Å²) in [4.78, 5) is 0. The molecule has 0 N–H and O–H groups in total. The second kappa shape index (κ2) is 7.16. The van der Waals surface area contributed by atoms with Gasteiger partial charge in [-0.05, 0) is 60.5 Å². The first-order valence-corrected chi connectivity index (χ1v) is 6.76. The predicted octanol–water partition coefficient (Wildman–Crippen LogP) is 4.16. The van der Waals surface area contributed by atoms with E-state index in [-0.39, 0.29) is 0 Å². The van der Waals surface area contributed by atoms with Crippen LogP contribution < -0.4 is 9.47 Å². The van der Waals surface area contributed by atoms with Crippen molar-refractivity contribution in [1.82, 2.24) is 0 Å². The van der Waals surface area contributed by atoms with Crippen molar-refractivity contribution in [1.29, 1.82) is 5.26 Å². The highest BCUT2D eigenvalue weighted by atomic mass is 16.5. The van der Waals surface area contributed by atoms with Gasteiger partial charge >= 0.3 is 0 Å². The average molecular weight is 279 g/mol. The van der Waals surface area contributed by atoms with E-state index in [9.17, 15) is 5.26 Å². The molecule has 0 amide bonds. The third kappa shape index (κ3) is 3.87. The molecular formula is C18H17NO2. The van der Waals surface area contributed by atoms with E-state index < -0.39 is 0 Å². The van der Waals surface area contributed by atoms with Gasteiger partial charge in [0.15, 0.2) is 0 Å². The fraction of sp³-hybridized carbons (Fsp3) is 0.167. The van der Waals surface area contributed by atoms with Crippen LogP contribution in [-0.4, -0.2) is 13.7 Å². The molecule has 0 fully saturated rings. The van der Waals surface area contributed by atoms with Crippen LogP contribution >= 0.6 is 0 Å². The van der Waals surface area contributed by atoms with Gasteiger partial charge in [-0.2, -0.15) is 5.26 Å². The van der Waals surface area contributed by atoms with Gasteiger partial charge in [-0.25, -0.2) is 0 Å². The summed E-state index contributed by atoms with van der Waals surface area (Å²) < 4.78 is 10.5. The lowest BCUT2D eigenvalue weighted by molar-refractivity contribution is 0.340. The minimum Gasteiger partial charge on any atom is -0.497 e. The monoisotopic (exact) mass is 279 g/mol. The molecule has 0 aliphatic carbocycles. The minimum atomic E-state index is 0.613. The summed E-state index contributed by atoms with van der Waals surface area (Å²) in [7, 11) is 1.62. The normalized spacial score (nSPS) is 10.8.